The Kier molecular flexibility index (Phi) is 3.67. The van der Waals surface area contributed by atoms with Crippen molar-refractivity contribution in [2.75, 3.05) is 6.61 Å². The SMILES string of the molecule is C[Si](C)C1(c2cccc([Si])c2)CCCCO1. The summed E-state index contributed by atoms with van der Waals surface area (Å²) in [7, 11) is 3.10. The Bertz CT molecular complexity index is 357. The number of hydrogen-bond acceptors (Lipinski definition) is 1. The number of ether oxygens (including phenoxy) is 1. The molecule has 0 spiro atoms. The third-order valence-electron chi connectivity index (χ3n) is 3.41. The van der Waals surface area contributed by atoms with E-state index in [9.17, 15) is 0 Å². The van der Waals surface area contributed by atoms with E-state index in [0.29, 0.717) is 0 Å². The third kappa shape index (κ3) is 2.17. The van der Waals surface area contributed by atoms with Gasteiger partial charge in [-0.05, 0) is 24.8 Å². The van der Waals surface area contributed by atoms with Crippen LogP contribution in [0.2, 0.25) is 13.1 Å². The summed E-state index contributed by atoms with van der Waals surface area (Å²) in [6.07, 6.45) is 3.69. The summed E-state index contributed by atoms with van der Waals surface area (Å²) in [4.78, 5) is 0. The van der Waals surface area contributed by atoms with Crippen LogP contribution >= 0.6 is 0 Å². The van der Waals surface area contributed by atoms with Crippen LogP contribution in [0.1, 0.15) is 24.8 Å². The van der Waals surface area contributed by atoms with Crippen LogP contribution in [0.3, 0.4) is 0 Å². The van der Waals surface area contributed by atoms with E-state index >= 15 is 0 Å². The normalized spacial score (nSPS) is 26.0. The molecule has 1 atom stereocenters. The van der Waals surface area contributed by atoms with E-state index in [1.165, 1.54) is 24.8 Å². The molecule has 0 aromatic heterocycles. The average Bonchev–Trinajstić information content (AvgIpc) is 2.30. The summed E-state index contributed by atoms with van der Waals surface area (Å²) in [5.74, 6) is 0. The lowest BCUT2D eigenvalue weighted by Gasteiger charge is -2.41. The molecule has 1 aromatic carbocycles. The Hall–Kier alpha value is -0.386. The highest BCUT2D eigenvalue weighted by molar-refractivity contribution is 6.59. The molecule has 16 heavy (non-hydrogen) atoms. The molecule has 1 aliphatic rings. The summed E-state index contributed by atoms with van der Waals surface area (Å²) in [5, 5.41) is 1.18. The van der Waals surface area contributed by atoms with E-state index < -0.39 is 8.80 Å². The molecule has 2 rings (SSSR count). The number of hydrogen-bond donors (Lipinski definition) is 0. The summed E-state index contributed by atoms with van der Waals surface area (Å²) in [6, 6.07) is 8.63. The highest BCUT2D eigenvalue weighted by Crippen LogP contribution is 2.37. The zero-order valence-corrected chi connectivity index (χ0v) is 12.0. The fourth-order valence-corrected chi connectivity index (χ4v) is 4.53. The topological polar surface area (TPSA) is 9.23 Å². The molecule has 1 fully saturated rings. The number of benzene rings is 1. The second-order valence-electron chi connectivity index (χ2n) is 4.71. The van der Waals surface area contributed by atoms with Gasteiger partial charge in [0, 0.05) is 6.61 Å². The van der Waals surface area contributed by atoms with Crippen LogP contribution in [0.25, 0.3) is 0 Å². The number of rotatable bonds is 2. The Morgan fingerprint density at radius 3 is 2.69 bits per heavy atom. The second-order valence-corrected chi connectivity index (χ2v) is 8.10. The lowest BCUT2D eigenvalue weighted by Crippen LogP contribution is -2.45. The molecule has 0 aliphatic carbocycles. The first-order valence-electron chi connectivity index (χ1n) is 5.92. The van der Waals surface area contributed by atoms with Gasteiger partial charge in [-0.2, -0.15) is 0 Å². The summed E-state index contributed by atoms with van der Waals surface area (Å²) in [5.41, 5.74) is 1.36. The summed E-state index contributed by atoms with van der Waals surface area (Å²) in [6.45, 7) is 5.63. The van der Waals surface area contributed by atoms with Crippen molar-refractivity contribution in [3.05, 3.63) is 29.8 Å². The molecular formula is C13H18OSi2. The van der Waals surface area contributed by atoms with E-state index in [1.54, 1.807) is 0 Å². The van der Waals surface area contributed by atoms with Gasteiger partial charge in [-0.15, -0.1) is 0 Å². The maximum atomic E-state index is 6.19. The van der Waals surface area contributed by atoms with E-state index in [0.717, 1.165) is 11.8 Å². The first-order chi connectivity index (χ1) is 7.65. The average molecular weight is 246 g/mol. The highest BCUT2D eigenvalue weighted by atomic mass is 28.3. The molecule has 1 heterocycles. The predicted octanol–water partition coefficient (Wildman–Crippen LogP) is 2.17. The molecule has 1 aromatic rings. The maximum Gasteiger partial charge on any atom is 0.0885 e. The molecule has 1 saturated heterocycles. The van der Waals surface area contributed by atoms with Crippen molar-refractivity contribution >= 4 is 24.2 Å². The second kappa shape index (κ2) is 4.86. The molecule has 4 radical (unpaired) electrons. The molecular weight excluding hydrogens is 228 g/mol. The van der Waals surface area contributed by atoms with E-state index in [4.69, 9.17) is 4.74 Å². The van der Waals surface area contributed by atoms with Crippen LogP contribution in [-0.2, 0) is 9.96 Å². The van der Waals surface area contributed by atoms with Crippen LogP contribution in [0, 0.1) is 0 Å². The minimum Gasteiger partial charge on any atom is -0.374 e. The lowest BCUT2D eigenvalue weighted by atomic mass is 10.0. The van der Waals surface area contributed by atoms with Crippen molar-refractivity contribution in [3.63, 3.8) is 0 Å². The minimum absolute atomic E-state index is 0.0333. The molecule has 1 aliphatic heterocycles. The van der Waals surface area contributed by atoms with Crippen LogP contribution in [0.15, 0.2) is 24.3 Å². The Morgan fingerprint density at radius 1 is 1.31 bits per heavy atom. The molecule has 0 bridgehead atoms. The fraction of sp³-hybridized carbons (Fsp3) is 0.538. The van der Waals surface area contributed by atoms with Crippen LogP contribution < -0.4 is 5.19 Å². The monoisotopic (exact) mass is 246 g/mol. The standard InChI is InChI=1S/C13H18OSi2/c1-16(2)13(8-3-4-9-14-13)11-6-5-7-12(15)10-11/h5-7,10H,3-4,8-9H2,1-2H3. The van der Waals surface area contributed by atoms with Gasteiger partial charge in [-0.3, -0.25) is 0 Å². The maximum absolute atomic E-state index is 6.19. The summed E-state index contributed by atoms with van der Waals surface area (Å²) < 4.78 is 6.19. The Labute approximate surface area is 103 Å². The van der Waals surface area contributed by atoms with Gasteiger partial charge in [-0.25, -0.2) is 0 Å². The molecule has 0 saturated carbocycles. The van der Waals surface area contributed by atoms with Gasteiger partial charge in [0.05, 0.1) is 24.3 Å². The Balaban J connectivity index is 2.38. The van der Waals surface area contributed by atoms with Crippen molar-refractivity contribution < 1.29 is 4.74 Å². The van der Waals surface area contributed by atoms with Crippen molar-refractivity contribution in [1.29, 1.82) is 0 Å². The van der Waals surface area contributed by atoms with Gasteiger partial charge in [0.25, 0.3) is 0 Å². The van der Waals surface area contributed by atoms with Crippen molar-refractivity contribution in [3.8, 4) is 0 Å². The molecule has 84 valence electrons. The molecule has 1 unspecified atom stereocenters. The summed E-state index contributed by atoms with van der Waals surface area (Å²) >= 11 is 0. The van der Waals surface area contributed by atoms with E-state index in [-0.39, 0.29) is 5.22 Å². The fourth-order valence-electron chi connectivity index (χ4n) is 2.48. The smallest absolute Gasteiger partial charge is 0.0885 e. The predicted molar refractivity (Wildman–Crippen MR) is 70.8 cm³/mol. The molecule has 0 N–H and O–H groups in total. The van der Waals surface area contributed by atoms with Gasteiger partial charge in [0.15, 0.2) is 0 Å². The van der Waals surface area contributed by atoms with Crippen LogP contribution in [-0.4, -0.2) is 25.6 Å². The zero-order valence-electron chi connectivity index (χ0n) is 10.0. The molecule has 3 heteroatoms. The largest absolute Gasteiger partial charge is 0.374 e. The van der Waals surface area contributed by atoms with Crippen molar-refractivity contribution in [1.82, 2.24) is 0 Å². The zero-order chi connectivity index (χ0) is 11.6. The molecule has 0 amide bonds. The van der Waals surface area contributed by atoms with Crippen LogP contribution in [0.5, 0.6) is 0 Å². The first kappa shape index (κ1) is 12.1. The van der Waals surface area contributed by atoms with Crippen LogP contribution in [0.4, 0.5) is 0 Å². The van der Waals surface area contributed by atoms with Gasteiger partial charge in [0.2, 0.25) is 0 Å². The molecule has 1 nitrogen and oxygen atoms in total. The third-order valence-corrected chi connectivity index (χ3v) is 6.02. The van der Waals surface area contributed by atoms with Gasteiger partial charge in [0.1, 0.15) is 0 Å². The van der Waals surface area contributed by atoms with E-state index in [1.807, 2.05) is 0 Å². The first-order valence-corrected chi connectivity index (χ1v) is 8.92. The lowest BCUT2D eigenvalue weighted by molar-refractivity contribution is -0.0263. The highest BCUT2D eigenvalue weighted by Gasteiger charge is 2.38. The van der Waals surface area contributed by atoms with Gasteiger partial charge in [-0.1, -0.05) is 42.5 Å². The minimum atomic E-state index is -0.507. The van der Waals surface area contributed by atoms with E-state index in [2.05, 4.69) is 47.6 Å². The van der Waals surface area contributed by atoms with Crippen molar-refractivity contribution in [2.24, 2.45) is 0 Å². The Morgan fingerprint density at radius 2 is 2.12 bits per heavy atom. The van der Waals surface area contributed by atoms with Crippen molar-refractivity contribution in [2.45, 2.75) is 37.6 Å². The quantitative estimate of drug-likeness (QED) is 0.727. The van der Waals surface area contributed by atoms with Gasteiger partial charge >= 0.3 is 0 Å². The van der Waals surface area contributed by atoms with Gasteiger partial charge < -0.3 is 4.74 Å².